The Morgan fingerprint density at radius 2 is 2.23 bits per heavy atom. The van der Waals surface area contributed by atoms with Gasteiger partial charge < -0.3 is 19.5 Å². The maximum atomic E-state index is 5.55. The number of methoxy groups -OCH3 is 1. The molecule has 0 fully saturated rings. The van der Waals surface area contributed by atoms with Gasteiger partial charge in [0.2, 0.25) is 6.79 Å². The number of ether oxygens (including phenoxy) is 3. The third kappa shape index (κ3) is 3.38. The number of thiazole rings is 1. The first-order valence-electron chi connectivity index (χ1n) is 8.36. The molecule has 8 heteroatoms. The highest BCUT2D eigenvalue weighted by Gasteiger charge is 2.18. The van der Waals surface area contributed by atoms with E-state index >= 15 is 0 Å². The van der Waals surface area contributed by atoms with Crippen LogP contribution in [0.2, 0.25) is 0 Å². The Kier molecular flexibility index (Phi) is 4.77. The van der Waals surface area contributed by atoms with Crippen molar-refractivity contribution in [3.05, 3.63) is 41.7 Å². The van der Waals surface area contributed by atoms with Crippen LogP contribution in [-0.4, -0.2) is 35.3 Å². The summed E-state index contributed by atoms with van der Waals surface area (Å²) in [4.78, 5) is 5.70. The first-order chi connectivity index (χ1) is 12.7. The Balaban J connectivity index is 1.47. The highest BCUT2D eigenvalue weighted by Crippen LogP contribution is 2.36. The molecule has 0 saturated carbocycles. The fraction of sp³-hybridized carbons (Fsp3) is 0.333. The van der Waals surface area contributed by atoms with Crippen molar-refractivity contribution in [2.75, 3.05) is 25.8 Å². The molecule has 0 aliphatic carbocycles. The van der Waals surface area contributed by atoms with E-state index < -0.39 is 0 Å². The molecule has 2 aromatic heterocycles. The maximum absolute atomic E-state index is 5.55. The van der Waals surface area contributed by atoms with Gasteiger partial charge in [-0.15, -0.1) is 0 Å². The molecule has 3 aromatic rings. The monoisotopic (exact) mass is 372 g/mol. The van der Waals surface area contributed by atoms with Crippen LogP contribution in [0.15, 0.2) is 30.5 Å². The largest absolute Gasteiger partial charge is 0.454 e. The van der Waals surface area contributed by atoms with Crippen molar-refractivity contribution >= 4 is 16.5 Å². The molecular formula is C18H20N4O3S. The lowest BCUT2D eigenvalue weighted by Crippen LogP contribution is -2.04. The number of hydrogen-bond acceptors (Lipinski definition) is 7. The molecule has 0 atom stereocenters. The number of aromatic nitrogens is 3. The Morgan fingerprint density at radius 3 is 3.12 bits per heavy atom. The molecule has 7 nitrogen and oxygen atoms in total. The lowest BCUT2D eigenvalue weighted by molar-refractivity contribution is 0.173. The van der Waals surface area contributed by atoms with Crippen LogP contribution in [0, 0.1) is 6.92 Å². The summed E-state index contributed by atoms with van der Waals surface area (Å²) < 4.78 is 17.9. The van der Waals surface area contributed by atoms with E-state index in [2.05, 4.69) is 15.4 Å². The quantitative estimate of drug-likeness (QED) is 0.686. The summed E-state index contributed by atoms with van der Waals surface area (Å²) in [6.07, 6.45) is 1.96. The van der Waals surface area contributed by atoms with E-state index in [1.807, 2.05) is 42.1 Å². The molecule has 1 N–H and O–H groups in total. The number of benzene rings is 1. The molecular weight excluding hydrogens is 352 g/mol. The molecule has 3 heterocycles. The van der Waals surface area contributed by atoms with Crippen LogP contribution in [0.5, 0.6) is 11.5 Å². The smallest absolute Gasteiger partial charge is 0.231 e. The SMILES string of the molecule is COCCn1ccc(-c2sc(NCc3cccc4c3OCO4)nc2C)n1. The van der Waals surface area contributed by atoms with Gasteiger partial charge in [0.05, 0.1) is 23.7 Å². The molecule has 0 saturated heterocycles. The lowest BCUT2D eigenvalue weighted by Gasteiger charge is -2.06. The Morgan fingerprint density at radius 1 is 1.31 bits per heavy atom. The summed E-state index contributed by atoms with van der Waals surface area (Å²) in [5, 5.41) is 8.84. The lowest BCUT2D eigenvalue weighted by atomic mass is 10.2. The number of hydrogen-bond donors (Lipinski definition) is 1. The minimum Gasteiger partial charge on any atom is -0.454 e. The number of nitrogens with zero attached hydrogens (tertiary/aromatic N) is 3. The Labute approximate surface area is 155 Å². The van der Waals surface area contributed by atoms with Gasteiger partial charge in [-0.25, -0.2) is 4.98 Å². The van der Waals surface area contributed by atoms with Gasteiger partial charge in [-0.2, -0.15) is 5.10 Å². The van der Waals surface area contributed by atoms with Crippen molar-refractivity contribution in [2.45, 2.75) is 20.0 Å². The van der Waals surface area contributed by atoms with Gasteiger partial charge in [-0.3, -0.25) is 4.68 Å². The first kappa shape index (κ1) is 16.9. The molecule has 26 heavy (non-hydrogen) atoms. The average molecular weight is 372 g/mol. The van der Waals surface area contributed by atoms with E-state index in [9.17, 15) is 0 Å². The number of nitrogens with one attached hydrogen (secondary N) is 1. The van der Waals surface area contributed by atoms with Crippen molar-refractivity contribution in [3.8, 4) is 22.1 Å². The second-order valence-electron chi connectivity index (χ2n) is 5.89. The molecule has 0 unspecified atom stereocenters. The summed E-state index contributed by atoms with van der Waals surface area (Å²) in [6.45, 7) is 4.28. The third-order valence-electron chi connectivity index (χ3n) is 4.10. The number of rotatable bonds is 7. The van der Waals surface area contributed by atoms with Gasteiger partial charge in [0.15, 0.2) is 16.6 Å². The van der Waals surface area contributed by atoms with E-state index in [-0.39, 0.29) is 6.79 Å². The van der Waals surface area contributed by atoms with Crippen LogP contribution < -0.4 is 14.8 Å². The van der Waals surface area contributed by atoms with Crippen molar-refractivity contribution in [2.24, 2.45) is 0 Å². The van der Waals surface area contributed by atoms with E-state index in [1.54, 1.807) is 18.4 Å². The zero-order valence-corrected chi connectivity index (χ0v) is 15.5. The predicted octanol–water partition coefficient (Wildman–Crippen LogP) is 3.30. The Hall–Kier alpha value is -2.58. The van der Waals surface area contributed by atoms with Crippen LogP contribution in [-0.2, 0) is 17.8 Å². The van der Waals surface area contributed by atoms with Crippen LogP contribution in [0.4, 0.5) is 5.13 Å². The number of aryl methyl sites for hydroxylation is 1. The predicted molar refractivity (Wildman–Crippen MR) is 99.8 cm³/mol. The maximum Gasteiger partial charge on any atom is 0.231 e. The molecule has 0 radical (unpaired) electrons. The summed E-state index contributed by atoms with van der Waals surface area (Å²) in [6, 6.07) is 7.92. The van der Waals surface area contributed by atoms with Gasteiger partial charge in [-0.05, 0) is 19.1 Å². The van der Waals surface area contributed by atoms with Gasteiger partial charge >= 0.3 is 0 Å². The molecule has 136 valence electrons. The zero-order valence-electron chi connectivity index (χ0n) is 14.7. The van der Waals surface area contributed by atoms with E-state index in [0.717, 1.165) is 45.0 Å². The molecule has 1 aromatic carbocycles. The van der Waals surface area contributed by atoms with Crippen LogP contribution in [0.1, 0.15) is 11.3 Å². The van der Waals surface area contributed by atoms with E-state index in [1.165, 1.54) is 0 Å². The molecule has 1 aliphatic rings. The number of anilines is 1. The second-order valence-corrected chi connectivity index (χ2v) is 6.89. The van der Waals surface area contributed by atoms with Gasteiger partial charge in [0, 0.05) is 25.4 Å². The van der Waals surface area contributed by atoms with Crippen molar-refractivity contribution < 1.29 is 14.2 Å². The number of para-hydroxylation sites is 1. The highest BCUT2D eigenvalue weighted by molar-refractivity contribution is 7.19. The topological polar surface area (TPSA) is 70.4 Å². The van der Waals surface area contributed by atoms with Crippen molar-refractivity contribution in [3.63, 3.8) is 0 Å². The summed E-state index contributed by atoms with van der Waals surface area (Å²) in [7, 11) is 1.69. The Bertz CT molecular complexity index is 906. The van der Waals surface area contributed by atoms with Crippen molar-refractivity contribution in [1.82, 2.24) is 14.8 Å². The number of fused-ring (bicyclic) bond motifs is 1. The molecule has 0 amide bonds. The highest BCUT2D eigenvalue weighted by atomic mass is 32.1. The summed E-state index contributed by atoms with van der Waals surface area (Å²) in [5.74, 6) is 1.60. The zero-order chi connectivity index (χ0) is 17.9. The van der Waals surface area contributed by atoms with E-state index in [0.29, 0.717) is 13.2 Å². The average Bonchev–Trinajstić information content (AvgIpc) is 3.37. The van der Waals surface area contributed by atoms with E-state index in [4.69, 9.17) is 14.2 Å². The van der Waals surface area contributed by atoms with Gasteiger partial charge in [-0.1, -0.05) is 23.5 Å². The minimum absolute atomic E-state index is 0.276. The van der Waals surface area contributed by atoms with Crippen molar-refractivity contribution in [1.29, 1.82) is 0 Å². The second kappa shape index (κ2) is 7.35. The van der Waals surface area contributed by atoms with Crippen LogP contribution in [0.25, 0.3) is 10.6 Å². The van der Waals surface area contributed by atoms with Crippen LogP contribution >= 0.6 is 11.3 Å². The first-order valence-corrected chi connectivity index (χ1v) is 9.18. The normalized spacial score (nSPS) is 12.5. The molecule has 4 rings (SSSR count). The molecule has 0 bridgehead atoms. The molecule has 0 spiro atoms. The molecule has 1 aliphatic heterocycles. The minimum atomic E-state index is 0.276. The van der Waals surface area contributed by atoms with Crippen LogP contribution in [0.3, 0.4) is 0 Å². The fourth-order valence-corrected chi connectivity index (χ4v) is 3.73. The summed E-state index contributed by atoms with van der Waals surface area (Å²) in [5.41, 5.74) is 2.95. The fourth-order valence-electron chi connectivity index (χ4n) is 2.80. The van der Waals surface area contributed by atoms with Gasteiger partial charge in [0.1, 0.15) is 5.69 Å². The standard InChI is InChI=1S/C18H20N4O3S/c1-12-17(14-6-7-22(21-14)8-9-23-2)26-18(20-12)19-10-13-4-3-5-15-16(13)25-11-24-15/h3-7H,8-11H2,1-2H3,(H,19,20). The van der Waals surface area contributed by atoms with Gasteiger partial charge in [0.25, 0.3) is 0 Å². The summed E-state index contributed by atoms with van der Waals surface area (Å²) >= 11 is 1.60. The third-order valence-corrected chi connectivity index (χ3v) is 5.24.